The number of ether oxygens (including phenoxy) is 2. The summed E-state index contributed by atoms with van der Waals surface area (Å²) in [5.41, 5.74) is 0.829. The molecule has 0 aromatic heterocycles. The molecule has 4 rings (SSSR count). The van der Waals surface area contributed by atoms with Gasteiger partial charge in [0.2, 0.25) is 0 Å². The summed E-state index contributed by atoms with van der Waals surface area (Å²) < 4.78 is 11.4. The lowest BCUT2D eigenvalue weighted by atomic mass is 10.2. The molecule has 1 saturated carbocycles. The van der Waals surface area contributed by atoms with Crippen LogP contribution in [0.5, 0.6) is 5.75 Å². The number of carbonyl (C=O) groups excluding carboxylic acids is 1. The maximum atomic E-state index is 12.8. The van der Waals surface area contributed by atoms with E-state index in [0.717, 1.165) is 76.5 Å². The van der Waals surface area contributed by atoms with Gasteiger partial charge in [-0.3, -0.25) is 4.90 Å². The van der Waals surface area contributed by atoms with Crippen LogP contribution < -0.4 is 10.1 Å². The highest BCUT2D eigenvalue weighted by molar-refractivity contribution is 5.89. The Balaban J connectivity index is 1.29. The van der Waals surface area contributed by atoms with Crippen LogP contribution in [0.2, 0.25) is 0 Å². The quantitative estimate of drug-likeness (QED) is 0.860. The van der Waals surface area contributed by atoms with E-state index in [0.29, 0.717) is 12.1 Å². The van der Waals surface area contributed by atoms with E-state index >= 15 is 0 Å². The third-order valence-electron chi connectivity index (χ3n) is 5.92. The van der Waals surface area contributed by atoms with E-state index in [1.165, 1.54) is 12.8 Å². The topological polar surface area (TPSA) is 54.0 Å². The van der Waals surface area contributed by atoms with Gasteiger partial charge in [0.25, 0.3) is 0 Å². The maximum absolute atomic E-state index is 12.8. The van der Waals surface area contributed by atoms with Gasteiger partial charge in [-0.25, -0.2) is 4.79 Å². The molecule has 148 valence electrons. The molecule has 6 nitrogen and oxygen atoms in total. The van der Waals surface area contributed by atoms with Crippen molar-refractivity contribution in [2.75, 3.05) is 44.7 Å². The van der Waals surface area contributed by atoms with E-state index < -0.39 is 0 Å². The fourth-order valence-corrected chi connectivity index (χ4v) is 4.39. The Morgan fingerprint density at radius 3 is 2.52 bits per heavy atom. The van der Waals surface area contributed by atoms with Gasteiger partial charge < -0.3 is 19.7 Å². The highest BCUT2D eigenvalue weighted by Gasteiger charge is 2.30. The number of carbonyl (C=O) groups is 1. The van der Waals surface area contributed by atoms with Crippen LogP contribution in [-0.4, -0.2) is 67.4 Å². The summed E-state index contributed by atoms with van der Waals surface area (Å²) in [5, 5.41) is 3.06. The lowest BCUT2D eigenvalue weighted by molar-refractivity contribution is 0.0296. The molecule has 0 radical (unpaired) electrons. The summed E-state index contributed by atoms with van der Waals surface area (Å²) in [7, 11) is 0. The van der Waals surface area contributed by atoms with Gasteiger partial charge in [-0.05, 0) is 62.8 Å². The lowest BCUT2D eigenvalue weighted by Gasteiger charge is -2.32. The average molecular weight is 373 g/mol. The normalized spacial score (nSPS) is 24.3. The van der Waals surface area contributed by atoms with Crippen molar-refractivity contribution in [3.8, 4) is 5.75 Å². The summed E-state index contributed by atoms with van der Waals surface area (Å²) in [4.78, 5) is 17.2. The second-order valence-corrected chi connectivity index (χ2v) is 7.88. The van der Waals surface area contributed by atoms with Crippen molar-refractivity contribution in [2.24, 2.45) is 0 Å². The second-order valence-electron chi connectivity index (χ2n) is 7.88. The summed E-state index contributed by atoms with van der Waals surface area (Å²) in [6.45, 7) is 5.32. The minimum atomic E-state index is 0.00946. The SMILES string of the molecule is O=C(Nc1ccc(OC2CCCC2)cc1)N1CCCC1CN1CCOCC1. The van der Waals surface area contributed by atoms with Crippen molar-refractivity contribution in [3.63, 3.8) is 0 Å². The predicted molar refractivity (Wildman–Crippen MR) is 105 cm³/mol. The average Bonchev–Trinajstić information content (AvgIpc) is 3.36. The molecular formula is C21H31N3O3. The van der Waals surface area contributed by atoms with Crippen LogP contribution in [0.15, 0.2) is 24.3 Å². The number of nitrogens with zero attached hydrogens (tertiary/aromatic N) is 2. The molecule has 0 bridgehead atoms. The zero-order valence-electron chi connectivity index (χ0n) is 16.1. The first-order chi connectivity index (χ1) is 13.3. The van der Waals surface area contributed by atoms with Crippen LogP contribution in [-0.2, 0) is 4.74 Å². The number of rotatable bonds is 5. The van der Waals surface area contributed by atoms with Crippen molar-refractivity contribution in [1.82, 2.24) is 9.80 Å². The molecule has 1 aliphatic carbocycles. The van der Waals surface area contributed by atoms with E-state index in [9.17, 15) is 4.79 Å². The Hall–Kier alpha value is -1.79. The molecule has 2 amide bonds. The smallest absolute Gasteiger partial charge is 0.322 e. The van der Waals surface area contributed by atoms with Gasteiger partial charge in [0, 0.05) is 37.9 Å². The summed E-state index contributed by atoms with van der Waals surface area (Å²) in [6.07, 6.45) is 7.35. The number of anilines is 1. The molecule has 2 aliphatic heterocycles. The van der Waals surface area contributed by atoms with Crippen molar-refractivity contribution >= 4 is 11.7 Å². The van der Waals surface area contributed by atoms with Crippen LogP contribution in [0.1, 0.15) is 38.5 Å². The van der Waals surface area contributed by atoms with Gasteiger partial charge in [-0.1, -0.05) is 0 Å². The lowest BCUT2D eigenvalue weighted by Crippen LogP contribution is -2.47. The number of hydrogen-bond acceptors (Lipinski definition) is 4. The van der Waals surface area contributed by atoms with E-state index in [1.807, 2.05) is 29.2 Å². The van der Waals surface area contributed by atoms with Gasteiger partial charge in [-0.2, -0.15) is 0 Å². The van der Waals surface area contributed by atoms with E-state index in [2.05, 4.69) is 10.2 Å². The fourth-order valence-electron chi connectivity index (χ4n) is 4.39. The Labute approximate surface area is 161 Å². The van der Waals surface area contributed by atoms with Gasteiger partial charge in [0.15, 0.2) is 0 Å². The maximum Gasteiger partial charge on any atom is 0.322 e. The zero-order chi connectivity index (χ0) is 18.5. The molecule has 1 unspecified atom stereocenters. The first-order valence-corrected chi connectivity index (χ1v) is 10.4. The van der Waals surface area contributed by atoms with Crippen LogP contribution in [0.4, 0.5) is 10.5 Å². The van der Waals surface area contributed by atoms with Gasteiger partial charge in [-0.15, -0.1) is 0 Å². The number of benzene rings is 1. The second kappa shape index (κ2) is 8.93. The first-order valence-electron chi connectivity index (χ1n) is 10.4. The summed E-state index contributed by atoms with van der Waals surface area (Å²) >= 11 is 0. The van der Waals surface area contributed by atoms with Crippen LogP contribution >= 0.6 is 0 Å². The largest absolute Gasteiger partial charge is 0.490 e. The zero-order valence-corrected chi connectivity index (χ0v) is 16.1. The number of nitrogens with one attached hydrogen (secondary N) is 1. The molecule has 2 heterocycles. The molecule has 27 heavy (non-hydrogen) atoms. The molecule has 1 atom stereocenters. The molecule has 1 aromatic carbocycles. The van der Waals surface area contributed by atoms with Crippen molar-refractivity contribution in [2.45, 2.75) is 50.7 Å². The molecule has 1 N–H and O–H groups in total. The molecular weight excluding hydrogens is 342 g/mol. The molecule has 3 fully saturated rings. The van der Waals surface area contributed by atoms with E-state index in [-0.39, 0.29) is 6.03 Å². The Morgan fingerprint density at radius 2 is 1.78 bits per heavy atom. The standard InChI is InChI=1S/C21H31N3O3/c25-21(24-11-3-4-18(24)16-23-12-14-26-15-13-23)22-17-7-9-20(10-8-17)27-19-5-1-2-6-19/h7-10,18-19H,1-6,11-16H2,(H,22,25). The molecule has 3 aliphatic rings. The van der Waals surface area contributed by atoms with Crippen LogP contribution in [0, 0.1) is 0 Å². The number of hydrogen-bond donors (Lipinski definition) is 1. The number of urea groups is 1. The highest BCUT2D eigenvalue weighted by atomic mass is 16.5. The number of likely N-dealkylation sites (tertiary alicyclic amines) is 1. The minimum Gasteiger partial charge on any atom is -0.490 e. The Kier molecular flexibility index (Phi) is 6.14. The highest BCUT2D eigenvalue weighted by Crippen LogP contribution is 2.25. The van der Waals surface area contributed by atoms with Gasteiger partial charge in [0.1, 0.15) is 5.75 Å². The monoisotopic (exact) mass is 373 g/mol. The third-order valence-corrected chi connectivity index (χ3v) is 5.92. The van der Waals surface area contributed by atoms with Gasteiger partial charge >= 0.3 is 6.03 Å². The molecule has 0 spiro atoms. The fraction of sp³-hybridized carbons (Fsp3) is 0.667. The predicted octanol–water partition coefficient (Wildman–Crippen LogP) is 3.34. The van der Waals surface area contributed by atoms with Crippen LogP contribution in [0.25, 0.3) is 0 Å². The number of morpholine rings is 1. The van der Waals surface area contributed by atoms with E-state index in [1.54, 1.807) is 0 Å². The van der Waals surface area contributed by atoms with Crippen molar-refractivity contribution < 1.29 is 14.3 Å². The Morgan fingerprint density at radius 1 is 1.04 bits per heavy atom. The van der Waals surface area contributed by atoms with Crippen LogP contribution in [0.3, 0.4) is 0 Å². The summed E-state index contributed by atoms with van der Waals surface area (Å²) in [5.74, 6) is 0.895. The molecule has 2 saturated heterocycles. The van der Waals surface area contributed by atoms with E-state index in [4.69, 9.17) is 9.47 Å². The third kappa shape index (κ3) is 4.93. The molecule has 1 aromatic rings. The minimum absolute atomic E-state index is 0.00946. The van der Waals surface area contributed by atoms with Gasteiger partial charge in [0.05, 0.1) is 19.3 Å². The van der Waals surface area contributed by atoms with Crippen molar-refractivity contribution in [3.05, 3.63) is 24.3 Å². The number of amides is 2. The molecule has 6 heteroatoms. The summed E-state index contributed by atoms with van der Waals surface area (Å²) in [6, 6.07) is 8.11. The first kappa shape index (κ1) is 18.6. The Bertz CT molecular complexity index is 610. The van der Waals surface area contributed by atoms with Crippen molar-refractivity contribution in [1.29, 1.82) is 0 Å².